The highest BCUT2D eigenvalue weighted by atomic mass is 32.2. The van der Waals surface area contributed by atoms with Gasteiger partial charge in [-0.1, -0.05) is 54.3 Å². The van der Waals surface area contributed by atoms with E-state index in [0.717, 1.165) is 10.1 Å². The van der Waals surface area contributed by atoms with Crippen LogP contribution in [0.2, 0.25) is 0 Å². The number of hydrogen-bond donors (Lipinski definition) is 0. The van der Waals surface area contributed by atoms with Crippen LogP contribution in [0.5, 0.6) is 0 Å². The van der Waals surface area contributed by atoms with Crippen LogP contribution >= 0.6 is 24.0 Å². The van der Waals surface area contributed by atoms with Crippen molar-refractivity contribution in [2.75, 3.05) is 18.9 Å². The van der Waals surface area contributed by atoms with Gasteiger partial charge in [0.05, 0.1) is 12.6 Å². The standard InChI is InChI=1S/C16H18N2O3S2/c1-11(9-14(19)17-7-8-21-15(17)20)18-13(10-23-16(18)22)12-5-3-2-4-6-12/h2-6,11,13H,7-10H2,1H3/t11?,13-/m0/s1. The van der Waals surface area contributed by atoms with E-state index in [9.17, 15) is 9.59 Å². The summed E-state index contributed by atoms with van der Waals surface area (Å²) in [6.45, 7) is 2.60. The molecule has 122 valence electrons. The van der Waals surface area contributed by atoms with Gasteiger partial charge >= 0.3 is 6.09 Å². The number of carbonyl (C=O) groups is 2. The highest BCUT2D eigenvalue weighted by Crippen LogP contribution is 2.37. The van der Waals surface area contributed by atoms with Gasteiger partial charge in [0.2, 0.25) is 5.91 Å². The number of benzene rings is 1. The summed E-state index contributed by atoms with van der Waals surface area (Å²) in [7, 11) is 0. The minimum absolute atomic E-state index is 0.0661. The fourth-order valence-corrected chi connectivity index (χ4v) is 4.55. The molecular weight excluding hydrogens is 332 g/mol. The van der Waals surface area contributed by atoms with Crippen LogP contribution in [0.25, 0.3) is 0 Å². The fourth-order valence-electron chi connectivity index (χ4n) is 2.93. The summed E-state index contributed by atoms with van der Waals surface area (Å²) >= 11 is 7.11. The van der Waals surface area contributed by atoms with Crippen molar-refractivity contribution in [1.82, 2.24) is 9.80 Å². The molecule has 0 aromatic heterocycles. The molecule has 0 bridgehead atoms. The molecule has 0 aliphatic carbocycles. The van der Waals surface area contributed by atoms with E-state index in [0.29, 0.717) is 6.54 Å². The molecule has 2 saturated heterocycles. The van der Waals surface area contributed by atoms with E-state index in [1.807, 2.05) is 25.1 Å². The molecule has 2 amide bonds. The molecule has 0 spiro atoms. The second-order valence-corrected chi connectivity index (χ2v) is 7.28. The summed E-state index contributed by atoms with van der Waals surface area (Å²) in [4.78, 5) is 27.1. The Morgan fingerprint density at radius 3 is 2.83 bits per heavy atom. The zero-order valence-electron chi connectivity index (χ0n) is 12.8. The van der Waals surface area contributed by atoms with Crippen LogP contribution in [0.1, 0.15) is 24.9 Å². The van der Waals surface area contributed by atoms with Crippen LogP contribution in [0.3, 0.4) is 0 Å². The normalized spacial score (nSPS) is 22.4. The molecule has 7 heteroatoms. The number of rotatable bonds is 4. The van der Waals surface area contributed by atoms with E-state index in [2.05, 4.69) is 17.0 Å². The number of amides is 2. The number of carbonyl (C=O) groups excluding carboxylic acids is 2. The molecule has 1 aromatic carbocycles. The van der Waals surface area contributed by atoms with Gasteiger partial charge in [0.1, 0.15) is 10.9 Å². The highest BCUT2D eigenvalue weighted by molar-refractivity contribution is 8.23. The largest absolute Gasteiger partial charge is 0.447 e. The van der Waals surface area contributed by atoms with Crippen LogP contribution in [0.15, 0.2) is 30.3 Å². The molecule has 2 aliphatic rings. The number of hydrogen-bond acceptors (Lipinski definition) is 5. The Bertz CT molecular complexity index is 623. The molecule has 0 radical (unpaired) electrons. The highest BCUT2D eigenvalue weighted by Gasteiger charge is 2.36. The number of ether oxygens (including phenoxy) is 1. The number of nitrogens with zero attached hydrogens (tertiary/aromatic N) is 2. The van der Waals surface area contributed by atoms with Gasteiger partial charge in [-0.3, -0.25) is 4.79 Å². The molecule has 2 fully saturated rings. The van der Waals surface area contributed by atoms with E-state index >= 15 is 0 Å². The number of imide groups is 1. The Labute approximate surface area is 145 Å². The Morgan fingerprint density at radius 1 is 1.43 bits per heavy atom. The van der Waals surface area contributed by atoms with E-state index in [1.165, 1.54) is 10.5 Å². The molecule has 23 heavy (non-hydrogen) atoms. The molecule has 3 rings (SSSR count). The van der Waals surface area contributed by atoms with E-state index in [1.54, 1.807) is 11.8 Å². The van der Waals surface area contributed by atoms with Gasteiger partial charge in [-0.2, -0.15) is 0 Å². The number of thioether (sulfide) groups is 1. The molecule has 1 aromatic rings. The van der Waals surface area contributed by atoms with Crippen molar-refractivity contribution in [2.24, 2.45) is 0 Å². The molecule has 0 saturated carbocycles. The Balaban J connectivity index is 1.71. The smallest absolute Gasteiger partial charge is 0.416 e. The lowest BCUT2D eigenvalue weighted by molar-refractivity contribution is -0.128. The molecule has 1 unspecified atom stereocenters. The van der Waals surface area contributed by atoms with Gasteiger partial charge in [-0.05, 0) is 12.5 Å². The molecule has 5 nitrogen and oxygen atoms in total. The van der Waals surface area contributed by atoms with Crippen molar-refractivity contribution >= 4 is 40.3 Å². The lowest BCUT2D eigenvalue weighted by atomic mass is 10.0. The minimum Gasteiger partial charge on any atom is -0.447 e. The zero-order chi connectivity index (χ0) is 16.4. The summed E-state index contributed by atoms with van der Waals surface area (Å²) in [6.07, 6.45) is -0.292. The molecular formula is C16H18N2O3S2. The van der Waals surface area contributed by atoms with Crippen molar-refractivity contribution in [1.29, 1.82) is 0 Å². The summed E-state index contributed by atoms with van der Waals surface area (Å²) in [6, 6.07) is 10.3. The summed E-state index contributed by atoms with van der Waals surface area (Å²) in [5.41, 5.74) is 1.19. The second kappa shape index (κ2) is 6.88. The number of cyclic esters (lactones) is 1. The maximum atomic E-state index is 12.3. The first-order chi connectivity index (χ1) is 11.1. The minimum atomic E-state index is -0.541. The average Bonchev–Trinajstić information content (AvgIpc) is 3.14. The summed E-state index contributed by atoms with van der Waals surface area (Å²) < 4.78 is 5.64. The first-order valence-electron chi connectivity index (χ1n) is 7.55. The fraction of sp³-hybridized carbons (Fsp3) is 0.438. The molecule has 0 N–H and O–H groups in total. The van der Waals surface area contributed by atoms with Crippen molar-refractivity contribution in [3.63, 3.8) is 0 Å². The zero-order valence-corrected chi connectivity index (χ0v) is 14.4. The molecule has 2 heterocycles. The summed E-state index contributed by atoms with van der Waals surface area (Å²) in [5.74, 6) is 0.680. The van der Waals surface area contributed by atoms with Crippen molar-refractivity contribution in [3.05, 3.63) is 35.9 Å². The first-order valence-corrected chi connectivity index (χ1v) is 8.94. The van der Waals surface area contributed by atoms with Gasteiger partial charge in [0.25, 0.3) is 0 Å². The van der Waals surface area contributed by atoms with Crippen LogP contribution < -0.4 is 0 Å². The van der Waals surface area contributed by atoms with Crippen molar-refractivity contribution in [2.45, 2.75) is 25.4 Å². The maximum Gasteiger partial charge on any atom is 0.416 e. The predicted octanol–water partition coefficient (Wildman–Crippen LogP) is 2.82. The van der Waals surface area contributed by atoms with Gasteiger partial charge in [-0.15, -0.1) is 0 Å². The average molecular weight is 350 g/mol. The molecule has 2 aliphatic heterocycles. The predicted molar refractivity (Wildman–Crippen MR) is 93.2 cm³/mol. The topological polar surface area (TPSA) is 49.9 Å². The van der Waals surface area contributed by atoms with Crippen molar-refractivity contribution in [3.8, 4) is 0 Å². The van der Waals surface area contributed by atoms with E-state index in [4.69, 9.17) is 17.0 Å². The Kier molecular flexibility index (Phi) is 4.87. The monoisotopic (exact) mass is 350 g/mol. The SMILES string of the molecule is CC(CC(=O)N1CCOC1=O)N1C(=S)SC[C@H]1c1ccccc1. The van der Waals surface area contributed by atoms with Gasteiger partial charge < -0.3 is 9.64 Å². The van der Waals surface area contributed by atoms with Gasteiger partial charge in [-0.25, -0.2) is 9.69 Å². The third-order valence-corrected chi connectivity index (χ3v) is 5.61. The third kappa shape index (κ3) is 3.35. The van der Waals surface area contributed by atoms with Gasteiger partial charge in [0, 0.05) is 18.2 Å². The third-order valence-electron chi connectivity index (χ3n) is 4.10. The van der Waals surface area contributed by atoms with E-state index in [-0.39, 0.29) is 31.0 Å². The van der Waals surface area contributed by atoms with Crippen LogP contribution in [0.4, 0.5) is 4.79 Å². The Hall–Kier alpha value is -1.60. The molecule has 2 atom stereocenters. The van der Waals surface area contributed by atoms with Crippen LogP contribution in [-0.2, 0) is 9.53 Å². The van der Waals surface area contributed by atoms with Gasteiger partial charge in [0.15, 0.2) is 0 Å². The maximum absolute atomic E-state index is 12.3. The first kappa shape index (κ1) is 16.3. The lowest BCUT2D eigenvalue weighted by Crippen LogP contribution is -2.41. The number of thiocarbonyl (C=S) groups is 1. The quantitative estimate of drug-likeness (QED) is 0.779. The van der Waals surface area contributed by atoms with Crippen molar-refractivity contribution < 1.29 is 14.3 Å². The Morgan fingerprint density at radius 2 is 2.17 bits per heavy atom. The second-order valence-electron chi connectivity index (χ2n) is 5.62. The van der Waals surface area contributed by atoms with E-state index < -0.39 is 6.09 Å². The lowest BCUT2D eigenvalue weighted by Gasteiger charge is -2.32. The summed E-state index contributed by atoms with van der Waals surface area (Å²) in [5, 5.41) is 0. The van der Waals surface area contributed by atoms with Crippen LogP contribution in [0, 0.1) is 0 Å². The van der Waals surface area contributed by atoms with Crippen LogP contribution in [-0.4, -0.2) is 51.1 Å².